The molecule has 1 aliphatic heterocycles. The van der Waals surface area contributed by atoms with Crippen molar-refractivity contribution >= 4 is 11.6 Å². The first kappa shape index (κ1) is 11.9. The standard InChI is InChI=1S/C13H18ClNO/c14-13-7-2-1-5-11(13)9-15-8-4-3-6-12(15)10-16/h1-2,5,7,12,16H,3-4,6,8-10H2/t12-/m0/s1. The number of halogens is 1. The zero-order valence-corrected chi connectivity index (χ0v) is 10.2. The van der Waals surface area contributed by atoms with Crippen molar-refractivity contribution in [3.05, 3.63) is 34.9 Å². The fourth-order valence-electron chi connectivity index (χ4n) is 2.32. The molecule has 1 N–H and O–H groups in total. The van der Waals surface area contributed by atoms with Gasteiger partial charge in [0.2, 0.25) is 0 Å². The highest BCUT2D eigenvalue weighted by atomic mass is 35.5. The SMILES string of the molecule is OC[C@@H]1CCCCN1Cc1ccccc1Cl. The number of hydrogen-bond donors (Lipinski definition) is 1. The molecule has 0 saturated carbocycles. The molecule has 3 heteroatoms. The quantitative estimate of drug-likeness (QED) is 0.877. The number of benzene rings is 1. The maximum Gasteiger partial charge on any atom is 0.0586 e. The van der Waals surface area contributed by atoms with E-state index < -0.39 is 0 Å². The van der Waals surface area contributed by atoms with Crippen LogP contribution in [0.5, 0.6) is 0 Å². The van der Waals surface area contributed by atoms with E-state index in [2.05, 4.69) is 11.0 Å². The van der Waals surface area contributed by atoms with Gasteiger partial charge in [-0.2, -0.15) is 0 Å². The molecule has 0 aromatic heterocycles. The summed E-state index contributed by atoms with van der Waals surface area (Å²) in [6.45, 7) is 2.17. The Labute approximate surface area is 102 Å². The van der Waals surface area contributed by atoms with E-state index >= 15 is 0 Å². The largest absolute Gasteiger partial charge is 0.395 e. The van der Waals surface area contributed by atoms with E-state index in [0.717, 1.165) is 30.1 Å². The Morgan fingerprint density at radius 3 is 2.88 bits per heavy atom. The molecule has 1 heterocycles. The Morgan fingerprint density at radius 1 is 1.31 bits per heavy atom. The van der Waals surface area contributed by atoms with E-state index in [1.165, 1.54) is 12.8 Å². The van der Waals surface area contributed by atoms with Crippen molar-refractivity contribution in [3.8, 4) is 0 Å². The molecule has 1 atom stereocenters. The summed E-state index contributed by atoms with van der Waals surface area (Å²) in [5.41, 5.74) is 1.16. The second-order valence-electron chi connectivity index (χ2n) is 4.39. The lowest BCUT2D eigenvalue weighted by Gasteiger charge is -2.34. The van der Waals surface area contributed by atoms with Crippen LogP contribution in [0.2, 0.25) is 5.02 Å². The van der Waals surface area contributed by atoms with Crippen LogP contribution in [-0.4, -0.2) is 29.2 Å². The van der Waals surface area contributed by atoms with Gasteiger partial charge in [0.1, 0.15) is 0 Å². The minimum absolute atomic E-state index is 0.254. The predicted octanol–water partition coefficient (Wildman–Crippen LogP) is 2.69. The first-order chi connectivity index (χ1) is 7.81. The highest BCUT2D eigenvalue weighted by Gasteiger charge is 2.21. The van der Waals surface area contributed by atoms with Crippen LogP contribution in [0, 0.1) is 0 Å². The minimum Gasteiger partial charge on any atom is -0.395 e. The van der Waals surface area contributed by atoms with Gasteiger partial charge in [-0.15, -0.1) is 0 Å². The molecule has 1 aromatic rings. The lowest BCUT2D eigenvalue weighted by atomic mass is 10.0. The van der Waals surface area contributed by atoms with Crippen LogP contribution in [0.15, 0.2) is 24.3 Å². The number of piperidine rings is 1. The maximum absolute atomic E-state index is 9.33. The van der Waals surface area contributed by atoms with Crippen LogP contribution in [-0.2, 0) is 6.54 Å². The van der Waals surface area contributed by atoms with Crippen molar-refractivity contribution in [1.82, 2.24) is 4.90 Å². The van der Waals surface area contributed by atoms with Crippen LogP contribution >= 0.6 is 11.6 Å². The summed E-state index contributed by atoms with van der Waals surface area (Å²) in [5.74, 6) is 0. The summed E-state index contributed by atoms with van der Waals surface area (Å²) in [6.07, 6.45) is 3.55. The molecule has 1 saturated heterocycles. The Morgan fingerprint density at radius 2 is 2.12 bits per heavy atom. The van der Waals surface area contributed by atoms with Crippen LogP contribution in [0.25, 0.3) is 0 Å². The molecule has 0 radical (unpaired) electrons. The van der Waals surface area contributed by atoms with Gasteiger partial charge in [0, 0.05) is 17.6 Å². The van der Waals surface area contributed by atoms with Gasteiger partial charge in [-0.1, -0.05) is 36.2 Å². The van der Waals surface area contributed by atoms with Gasteiger partial charge in [0.15, 0.2) is 0 Å². The fourth-order valence-corrected chi connectivity index (χ4v) is 2.52. The smallest absolute Gasteiger partial charge is 0.0586 e. The van der Waals surface area contributed by atoms with E-state index in [1.807, 2.05) is 18.2 Å². The molecule has 1 aromatic carbocycles. The number of rotatable bonds is 3. The van der Waals surface area contributed by atoms with Gasteiger partial charge in [-0.05, 0) is 31.0 Å². The second kappa shape index (κ2) is 5.67. The summed E-state index contributed by atoms with van der Waals surface area (Å²) in [5, 5.41) is 10.2. The zero-order valence-electron chi connectivity index (χ0n) is 9.40. The predicted molar refractivity (Wildman–Crippen MR) is 66.6 cm³/mol. The molecule has 0 aliphatic carbocycles. The van der Waals surface area contributed by atoms with Crippen LogP contribution in [0.1, 0.15) is 24.8 Å². The molecule has 1 aliphatic rings. The summed E-state index contributed by atoms with van der Waals surface area (Å²) in [4.78, 5) is 2.34. The third-order valence-electron chi connectivity index (χ3n) is 3.29. The average molecular weight is 240 g/mol. The van der Waals surface area contributed by atoms with E-state index in [-0.39, 0.29) is 6.61 Å². The number of aliphatic hydroxyl groups excluding tert-OH is 1. The summed E-state index contributed by atoms with van der Waals surface area (Å²) >= 11 is 6.15. The van der Waals surface area contributed by atoms with Crippen LogP contribution < -0.4 is 0 Å². The van der Waals surface area contributed by atoms with Gasteiger partial charge < -0.3 is 5.11 Å². The van der Waals surface area contributed by atoms with E-state index in [9.17, 15) is 5.11 Å². The molecule has 2 rings (SSSR count). The topological polar surface area (TPSA) is 23.5 Å². The molecule has 16 heavy (non-hydrogen) atoms. The lowest BCUT2D eigenvalue weighted by Crippen LogP contribution is -2.41. The molecule has 0 bridgehead atoms. The van der Waals surface area contributed by atoms with Gasteiger partial charge in [0.25, 0.3) is 0 Å². The van der Waals surface area contributed by atoms with Crippen molar-refractivity contribution in [3.63, 3.8) is 0 Å². The monoisotopic (exact) mass is 239 g/mol. The van der Waals surface area contributed by atoms with Crippen molar-refractivity contribution in [2.75, 3.05) is 13.2 Å². The molecule has 1 fully saturated rings. The molecule has 0 unspecified atom stereocenters. The average Bonchev–Trinajstić information content (AvgIpc) is 2.33. The van der Waals surface area contributed by atoms with Crippen molar-refractivity contribution in [1.29, 1.82) is 0 Å². The number of nitrogens with zero attached hydrogens (tertiary/aromatic N) is 1. The van der Waals surface area contributed by atoms with Crippen LogP contribution in [0.4, 0.5) is 0 Å². The molecular weight excluding hydrogens is 222 g/mol. The normalized spacial score (nSPS) is 22.2. The summed E-state index contributed by atoms with van der Waals surface area (Å²) in [6, 6.07) is 8.26. The number of likely N-dealkylation sites (tertiary alicyclic amines) is 1. The summed E-state index contributed by atoms with van der Waals surface area (Å²) < 4.78 is 0. The Kier molecular flexibility index (Phi) is 4.22. The van der Waals surface area contributed by atoms with E-state index in [4.69, 9.17) is 11.6 Å². The number of aliphatic hydroxyl groups is 1. The number of hydrogen-bond acceptors (Lipinski definition) is 2. The minimum atomic E-state index is 0.254. The van der Waals surface area contributed by atoms with Crippen molar-refractivity contribution in [2.45, 2.75) is 31.8 Å². The third-order valence-corrected chi connectivity index (χ3v) is 3.66. The van der Waals surface area contributed by atoms with Gasteiger partial charge in [-0.3, -0.25) is 4.90 Å². The summed E-state index contributed by atoms with van der Waals surface area (Å²) in [7, 11) is 0. The Hall–Kier alpha value is -0.570. The lowest BCUT2D eigenvalue weighted by molar-refractivity contribution is 0.0841. The van der Waals surface area contributed by atoms with E-state index in [0.29, 0.717) is 6.04 Å². The zero-order chi connectivity index (χ0) is 11.4. The molecule has 2 nitrogen and oxygen atoms in total. The first-order valence-electron chi connectivity index (χ1n) is 5.89. The van der Waals surface area contributed by atoms with Gasteiger partial charge in [-0.25, -0.2) is 0 Å². The molecule has 0 spiro atoms. The van der Waals surface area contributed by atoms with E-state index in [1.54, 1.807) is 0 Å². The highest BCUT2D eigenvalue weighted by Crippen LogP contribution is 2.22. The Bertz CT molecular complexity index is 342. The molecular formula is C13H18ClNO. The Balaban J connectivity index is 2.05. The second-order valence-corrected chi connectivity index (χ2v) is 4.80. The third kappa shape index (κ3) is 2.76. The fraction of sp³-hybridized carbons (Fsp3) is 0.538. The van der Waals surface area contributed by atoms with Crippen LogP contribution in [0.3, 0.4) is 0 Å². The highest BCUT2D eigenvalue weighted by molar-refractivity contribution is 6.31. The van der Waals surface area contributed by atoms with Crippen molar-refractivity contribution < 1.29 is 5.11 Å². The first-order valence-corrected chi connectivity index (χ1v) is 6.27. The van der Waals surface area contributed by atoms with Gasteiger partial charge >= 0.3 is 0 Å². The molecule has 0 amide bonds. The van der Waals surface area contributed by atoms with Crippen molar-refractivity contribution in [2.24, 2.45) is 0 Å². The molecule has 88 valence electrons. The maximum atomic E-state index is 9.33. The van der Waals surface area contributed by atoms with Gasteiger partial charge in [0.05, 0.1) is 6.61 Å².